The largest absolute Gasteiger partial charge is 0.417 e. The van der Waals surface area contributed by atoms with Crippen molar-refractivity contribution in [3.8, 4) is 0 Å². The molecule has 1 aromatic rings. The monoisotopic (exact) mass is 261 g/mol. The van der Waals surface area contributed by atoms with Gasteiger partial charge < -0.3 is 5.32 Å². The molecular weight excluding hydrogens is 246 g/mol. The summed E-state index contributed by atoms with van der Waals surface area (Å²) in [6.45, 7) is 4.34. The van der Waals surface area contributed by atoms with Crippen LogP contribution in [0.15, 0.2) is 24.3 Å². The highest BCUT2D eigenvalue weighted by Crippen LogP contribution is 2.33. The van der Waals surface area contributed by atoms with Gasteiger partial charge in [-0.1, -0.05) is 32.1 Å². The van der Waals surface area contributed by atoms with E-state index >= 15 is 0 Å². The second-order valence-corrected chi connectivity index (χ2v) is 4.19. The van der Waals surface area contributed by atoms with E-state index in [1.807, 2.05) is 13.8 Å². The fourth-order valence-electron chi connectivity index (χ4n) is 1.41. The molecule has 18 heavy (non-hydrogen) atoms. The molecule has 1 rings (SSSR count). The Labute approximate surface area is 104 Å². The summed E-state index contributed by atoms with van der Waals surface area (Å²) >= 11 is 0. The van der Waals surface area contributed by atoms with Crippen molar-refractivity contribution in [2.24, 2.45) is 0 Å². The normalized spacial score (nSPS) is 12.6. The lowest BCUT2D eigenvalue weighted by atomic mass is 10.1. The Balaban J connectivity index is 2.88. The minimum Gasteiger partial charge on any atom is -0.311 e. The van der Waals surface area contributed by atoms with Crippen LogP contribution in [-0.4, -0.2) is 12.6 Å². The maximum absolute atomic E-state index is 12.8. The van der Waals surface area contributed by atoms with Crippen molar-refractivity contribution >= 4 is 6.08 Å². The molecule has 0 fully saturated rings. The predicted octanol–water partition coefficient (Wildman–Crippen LogP) is 3.86. The summed E-state index contributed by atoms with van der Waals surface area (Å²) in [6.07, 6.45) is -1.62. The molecule has 5 heteroatoms. The summed E-state index contributed by atoms with van der Waals surface area (Å²) in [7, 11) is 0. The van der Waals surface area contributed by atoms with Crippen LogP contribution >= 0.6 is 0 Å². The first kappa shape index (κ1) is 14.7. The van der Waals surface area contributed by atoms with Gasteiger partial charge in [0.05, 0.1) is 5.56 Å². The average Bonchev–Trinajstić information content (AvgIpc) is 2.24. The van der Waals surface area contributed by atoms with Gasteiger partial charge in [0, 0.05) is 12.6 Å². The Morgan fingerprint density at radius 1 is 1.28 bits per heavy atom. The average molecular weight is 261 g/mol. The number of rotatable bonds is 4. The zero-order valence-electron chi connectivity index (χ0n) is 10.2. The summed E-state index contributed by atoms with van der Waals surface area (Å²) in [5, 5.41) is 3.04. The van der Waals surface area contributed by atoms with Gasteiger partial charge in [0.2, 0.25) is 0 Å². The van der Waals surface area contributed by atoms with Gasteiger partial charge in [0.25, 0.3) is 0 Å². The van der Waals surface area contributed by atoms with E-state index in [-0.39, 0.29) is 11.6 Å². The number of hydrogen-bond acceptors (Lipinski definition) is 1. The molecule has 100 valence electrons. The standard InChI is InChI=1S/C13H15F4N/c1-9(2)18-7-3-4-10-5-6-11(14)8-12(10)13(15,16)17/h3-6,8-9,18H,7H2,1-2H3/b4-3+. The molecule has 1 nitrogen and oxygen atoms in total. The minimum absolute atomic E-state index is 0.0329. The first-order valence-electron chi connectivity index (χ1n) is 5.57. The van der Waals surface area contributed by atoms with Crippen LogP contribution in [0.1, 0.15) is 25.0 Å². The molecule has 0 aliphatic heterocycles. The van der Waals surface area contributed by atoms with Crippen molar-refractivity contribution in [2.45, 2.75) is 26.1 Å². The van der Waals surface area contributed by atoms with Gasteiger partial charge >= 0.3 is 6.18 Å². The zero-order chi connectivity index (χ0) is 13.8. The van der Waals surface area contributed by atoms with Gasteiger partial charge in [-0.2, -0.15) is 13.2 Å². The number of halogens is 4. The van der Waals surface area contributed by atoms with Crippen LogP contribution in [0.5, 0.6) is 0 Å². The number of benzene rings is 1. The first-order chi connectivity index (χ1) is 8.30. The lowest BCUT2D eigenvalue weighted by Gasteiger charge is -2.10. The number of nitrogens with one attached hydrogen (secondary N) is 1. The fraction of sp³-hybridized carbons (Fsp3) is 0.385. The molecular formula is C13H15F4N. The molecule has 0 spiro atoms. The summed E-state index contributed by atoms with van der Waals surface area (Å²) in [6, 6.07) is 2.91. The van der Waals surface area contributed by atoms with Crippen molar-refractivity contribution in [2.75, 3.05) is 6.54 Å². The topological polar surface area (TPSA) is 12.0 Å². The maximum atomic E-state index is 12.8. The summed E-state index contributed by atoms with van der Waals surface area (Å²) in [4.78, 5) is 0. The van der Waals surface area contributed by atoms with Gasteiger partial charge in [0.1, 0.15) is 5.82 Å². The SMILES string of the molecule is CC(C)NC/C=C/c1ccc(F)cc1C(F)(F)F. The van der Waals surface area contributed by atoms with E-state index in [9.17, 15) is 17.6 Å². The highest BCUT2D eigenvalue weighted by Gasteiger charge is 2.33. The van der Waals surface area contributed by atoms with Crippen molar-refractivity contribution in [3.05, 3.63) is 41.2 Å². The Bertz CT molecular complexity index is 421. The second kappa shape index (κ2) is 6.00. The van der Waals surface area contributed by atoms with Crippen molar-refractivity contribution in [1.29, 1.82) is 0 Å². The highest BCUT2D eigenvalue weighted by atomic mass is 19.4. The number of alkyl halides is 3. The van der Waals surface area contributed by atoms with Crippen LogP contribution in [0.4, 0.5) is 17.6 Å². The number of hydrogen-bond donors (Lipinski definition) is 1. The van der Waals surface area contributed by atoms with Crippen molar-refractivity contribution in [3.63, 3.8) is 0 Å². The van der Waals surface area contributed by atoms with Gasteiger partial charge in [-0.25, -0.2) is 4.39 Å². The third-order valence-electron chi connectivity index (χ3n) is 2.26. The van der Waals surface area contributed by atoms with E-state index in [2.05, 4.69) is 5.32 Å². The molecule has 0 saturated carbocycles. The quantitative estimate of drug-likeness (QED) is 0.812. The first-order valence-corrected chi connectivity index (χ1v) is 5.57. The second-order valence-electron chi connectivity index (χ2n) is 4.19. The van der Waals surface area contributed by atoms with Gasteiger partial charge in [0.15, 0.2) is 0 Å². The van der Waals surface area contributed by atoms with Crippen LogP contribution in [0.3, 0.4) is 0 Å². The lowest BCUT2D eigenvalue weighted by molar-refractivity contribution is -0.137. The van der Waals surface area contributed by atoms with Crippen LogP contribution < -0.4 is 5.32 Å². The van der Waals surface area contributed by atoms with Crippen molar-refractivity contribution < 1.29 is 17.6 Å². The van der Waals surface area contributed by atoms with E-state index in [1.54, 1.807) is 6.08 Å². The Morgan fingerprint density at radius 3 is 2.50 bits per heavy atom. The minimum atomic E-state index is -4.55. The third kappa shape index (κ3) is 4.49. The van der Waals surface area contributed by atoms with Crippen LogP contribution in [0, 0.1) is 5.82 Å². The molecule has 0 heterocycles. The van der Waals surface area contributed by atoms with Crippen LogP contribution in [0.25, 0.3) is 6.08 Å². The molecule has 0 unspecified atom stereocenters. The van der Waals surface area contributed by atoms with Gasteiger partial charge in [-0.3, -0.25) is 0 Å². The fourth-order valence-corrected chi connectivity index (χ4v) is 1.41. The van der Waals surface area contributed by atoms with Gasteiger partial charge in [-0.15, -0.1) is 0 Å². The van der Waals surface area contributed by atoms with Gasteiger partial charge in [-0.05, 0) is 17.7 Å². The summed E-state index contributed by atoms with van der Waals surface area (Å²) in [5.74, 6) is -0.889. The van der Waals surface area contributed by atoms with E-state index < -0.39 is 17.6 Å². The Hall–Kier alpha value is -1.36. The lowest BCUT2D eigenvalue weighted by Crippen LogP contribution is -2.22. The summed E-state index contributed by atoms with van der Waals surface area (Å²) in [5.41, 5.74) is -0.988. The van der Waals surface area contributed by atoms with E-state index in [0.29, 0.717) is 12.6 Å². The third-order valence-corrected chi connectivity index (χ3v) is 2.26. The van der Waals surface area contributed by atoms with Crippen LogP contribution in [-0.2, 0) is 6.18 Å². The molecule has 0 amide bonds. The Kier molecular flexibility index (Phi) is 4.90. The van der Waals surface area contributed by atoms with Crippen molar-refractivity contribution in [1.82, 2.24) is 5.32 Å². The molecule has 0 aliphatic rings. The summed E-state index contributed by atoms with van der Waals surface area (Å²) < 4.78 is 50.8. The molecule has 0 aliphatic carbocycles. The zero-order valence-corrected chi connectivity index (χ0v) is 10.2. The van der Waals surface area contributed by atoms with E-state index in [1.165, 1.54) is 6.08 Å². The van der Waals surface area contributed by atoms with E-state index in [4.69, 9.17) is 0 Å². The molecule has 0 saturated heterocycles. The van der Waals surface area contributed by atoms with Crippen LogP contribution in [0.2, 0.25) is 0 Å². The predicted molar refractivity (Wildman–Crippen MR) is 63.6 cm³/mol. The Morgan fingerprint density at radius 2 is 1.94 bits per heavy atom. The smallest absolute Gasteiger partial charge is 0.311 e. The molecule has 0 radical (unpaired) electrons. The maximum Gasteiger partial charge on any atom is 0.417 e. The molecule has 0 aromatic heterocycles. The van der Waals surface area contributed by atoms with E-state index in [0.717, 1.165) is 12.1 Å². The molecule has 1 aromatic carbocycles. The molecule has 0 bridgehead atoms. The molecule has 1 N–H and O–H groups in total. The highest BCUT2D eigenvalue weighted by molar-refractivity contribution is 5.55. The molecule has 0 atom stereocenters.